The fourth-order valence-electron chi connectivity index (χ4n) is 3.93. The standard InChI is InChI=1S/C17H26N2O2/c1-14-5-3-6-15(18-14)11-19-9-7-16-17(12-19,13-20-2)8-4-10-21-16/h3,5-6,16H,4,7-13H2,1-2H3/t16-,17+/m1/s1. The van der Waals surface area contributed by atoms with Crippen LogP contribution in [0.2, 0.25) is 0 Å². The van der Waals surface area contributed by atoms with Crippen molar-refractivity contribution in [1.29, 1.82) is 0 Å². The van der Waals surface area contributed by atoms with Crippen molar-refractivity contribution in [3.8, 4) is 0 Å². The van der Waals surface area contributed by atoms with Gasteiger partial charge in [0.2, 0.25) is 0 Å². The summed E-state index contributed by atoms with van der Waals surface area (Å²) in [5.74, 6) is 0. The lowest BCUT2D eigenvalue weighted by Gasteiger charge is -2.50. The zero-order valence-corrected chi connectivity index (χ0v) is 13.2. The third-order valence-corrected chi connectivity index (χ3v) is 4.83. The number of aromatic nitrogens is 1. The molecule has 0 N–H and O–H groups in total. The SMILES string of the molecule is COC[C@@]12CCCO[C@@H]1CCN(Cc1cccc(C)n1)C2. The van der Waals surface area contributed by atoms with E-state index in [9.17, 15) is 0 Å². The van der Waals surface area contributed by atoms with Crippen LogP contribution >= 0.6 is 0 Å². The van der Waals surface area contributed by atoms with Crippen LogP contribution in [0.5, 0.6) is 0 Å². The summed E-state index contributed by atoms with van der Waals surface area (Å²) in [6.07, 6.45) is 3.84. The highest BCUT2D eigenvalue weighted by Gasteiger charge is 2.45. The van der Waals surface area contributed by atoms with E-state index >= 15 is 0 Å². The molecule has 0 unspecified atom stereocenters. The van der Waals surface area contributed by atoms with E-state index in [1.807, 2.05) is 7.11 Å². The lowest BCUT2D eigenvalue weighted by Crippen LogP contribution is -2.56. The summed E-state index contributed by atoms with van der Waals surface area (Å²) in [7, 11) is 1.81. The highest BCUT2D eigenvalue weighted by atomic mass is 16.5. The number of piperidine rings is 1. The minimum absolute atomic E-state index is 0.176. The molecule has 4 heteroatoms. The van der Waals surface area contributed by atoms with Gasteiger partial charge in [0, 0.05) is 44.5 Å². The first-order valence-electron chi connectivity index (χ1n) is 7.97. The number of aryl methyl sites for hydroxylation is 1. The van der Waals surface area contributed by atoms with Crippen molar-refractivity contribution in [3.63, 3.8) is 0 Å². The first-order valence-corrected chi connectivity index (χ1v) is 7.97. The van der Waals surface area contributed by atoms with Crippen molar-refractivity contribution in [1.82, 2.24) is 9.88 Å². The van der Waals surface area contributed by atoms with Gasteiger partial charge in [0.1, 0.15) is 0 Å². The fraction of sp³-hybridized carbons (Fsp3) is 0.706. The molecule has 0 radical (unpaired) electrons. The second-order valence-electron chi connectivity index (χ2n) is 6.53. The second-order valence-corrected chi connectivity index (χ2v) is 6.53. The largest absolute Gasteiger partial charge is 0.384 e. The number of rotatable bonds is 4. The molecule has 3 rings (SSSR count). The Balaban J connectivity index is 1.70. The molecule has 2 saturated heterocycles. The zero-order valence-electron chi connectivity index (χ0n) is 13.2. The number of hydrogen-bond acceptors (Lipinski definition) is 4. The molecular formula is C17H26N2O2. The Morgan fingerprint density at radius 3 is 3.19 bits per heavy atom. The molecule has 2 aliphatic rings. The number of likely N-dealkylation sites (tertiary alicyclic amines) is 1. The molecule has 1 aromatic rings. The van der Waals surface area contributed by atoms with Gasteiger partial charge in [0.05, 0.1) is 18.4 Å². The third-order valence-electron chi connectivity index (χ3n) is 4.83. The first kappa shape index (κ1) is 14.9. The minimum Gasteiger partial charge on any atom is -0.384 e. The van der Waals surface area contributed by atoms with Gasteiger partial charge in [-0.3, -0.25) is 9.88 Å². The highest BCUT2D eigenvalue weighted by Crippen LogP contribution is 2.40. The minimum atomic E-state index is 0.176. The van der Waals surface area contributed by atoms with Crippen LogP contribution in [0.1, 0.15) is 30.7 Å². The molecule has 0 aromatic carbocycles. The summed E-state index contributed by atoms with van der Waals surface area (Å²) < 4.78 is 11.6. The van der Waals surface area contributed by atoms with Crippen molar-refractivity contribution >= 4 is 0 Å². The molecule has 0 bridgehead atoms. The molecule has 21 heavy (non-hydrogen) atoms. The van der Waals surface area contributed by atoms with Crippen molar-refractivity contribution in [2.24, 2.45) is 5.41 Å². The van der Waals surface area contributed by atoms with Crippen molar-refractivity contribution in [2.75, 3.05) is 33.4 Å². The van der Waals surface area contributed by atoms with Gasteiger partial charge in [0.25, 0.3) is 0 Å². The monoisotopic (exact) mass is 290 g/mol. The average molecular weight is 290 g/mol. The van der Waals surface area contributed by atoms with E-state index in [4.69, 9.17) is 9.47 Å². The molecule has 1 aromatic heterocycles. The number of methoxy groups -OCH3 is 1. The molecule has 2 atom stereocenters. The van der Waals surface area contributed by atoms with Crippen molar-refractivity contribution in [2.45, 2.75) is 38.8 Å². The van der Waals surface area contributed by atoms with Gasteiger partial charge in [-0.2, -0.15) is 0 Å². The zero-order chi connectivity index (χ0) is 14.7. The smallest absolute Gasteiger partial charge is 0.0677 e. The quantitative estimate of drug-likeness (QED) is 0.853. The molecule has 0 spiro atoms. The third kappa shape index (κ3) is 3.28. The van der Waals surface area contributed by atoms with Crippen molar-refractivity contribution in [3.05, 3.63) is 29.6 Å². The lowest BCUT2D eigenvalue weighted by atomic mass is 9.73. The molecule has 2 fully saturated rings. The van der Waals surface area contributed by atoms with Gasteiger partial charge in [-0.1, -0.05) is 6.07 Å². The Morgan fingerprint density at radius 1 is 1.48 bits per heavy atom. The Labute approximate surface area is 127 Å². The summed E-state index contributed by atoms with van der Waals surface area (Å²) in [6, 6.07) is 6.27. The van der Waals surface area contributed by atoms with Gasteiger partial charge in [-0.25, -0.2) is 0 Å². The fourth-order valence-corrected chi connectivity index (χ4v) is 3.93. The molecule has 0 aliphatic carbocycles. The van der Waals surface area contributed by atoms with Crippen molar-refractivity contribution < 1.29 is 9.47 Å². The number of fused-ring (bicyclic) bond motifs is 1. The maximum Gasteiger partial charge on any atom is 0.0677 e. The van der Waals surface area contributed by atoms with Gasteiger partial charge < -0.3 is 9.47 Å². The molecule has 0 amide bonds. The van der Waals surface area contributed by atoms with Gasteiger partial charge in [0.15, 0.2) is 0 Å². The Bertz CT molecular complexity index is 476. The maximum absolute atomic E-state index is 6.03. The van der Waals surface area contributed by atoms with Crippen LogP contribution in [0.3, 0.4) is 0 Å². The lowest BCUT2D eigenvalue weighted by molar-refractivity contribution is -0.149. The van der Waals surface area contributed by atoms with E-state index in [-0.39, 0.29) is 5.41 Å². The van der Waals surface area contributed by atoms with Gasteiger partial charge >= 0.3 is 0 Å². The van der Waals surface area contributed by atoms with Crippen LogP contribution < -0.4 is 0 Å². The predicted octanol–water partition coefficient (Wildman–Crippen LogP) is 2.41. The molecular weight excluding hydrogens is 264 g/mol. The van der Waals surface area contributed by atoms with Crippen LogP contribution in [0.15, 0.2) is 18.2 Å². The average Bonchev–Trinajstić information content (AvgIpc) is 2.47. The van der Waals surface area contributed by atoms with Gasteiger partial charge in [-0.15, -0.1) is 0 Å². The summed E-state index contributed by atoms with van der Waals surface area (Å²) in [5.41, 5.74) is 2.43. The number of hydrogen-bond donors (Lipinski definition) is 0. The summed E-state index contributed by atoms with van der Waals surface area (Å²) in [5, 5.41) is 0. The molecule has 2 aliphatic heterocycles. The summed E-state index contributed by atoms with van der Waals surface area (Å²) in [4.78, 5) is 7.16. The molecule has 116 valence electrons. The van der Waals surface area contributed by atoms with Crippen LogP contribution in [-0.2, 0) is 16.0 Å². The highest BCUT2D eigenvalue weighted by molar-refractivity contribution is 5.10. The first-order chi connectivity index (χ1) is 10.2. The molecule has 4 nitrogen and oxygen atoms in total. The molecule has 3 heterocycles. The van der Waals surface area contributed by atoms with Gasteiger partial charge in [-0.05, 0) is 38.3 Å². The van der Waals surface area contributed by atoms with E-state index in [1.165, 1.54) is 6.42 Å². The predicted molar refractivity (Wildman–Crippen MR) is 82.2 cm³/mol. The van der Waals surface area contributed by atoms with Crippen LogP contribution in [0.4, 0.5) is 0 Å². The Hall–Kier alpha value is -0.970. The summed E-state index contributed by atoms with van der Waals surface area (Å²) in [6.45, 7) is 6.84. The summed E-state index contributed by atoms with van der Waals surface area (Å²) >= 11 is 0. The maximum atomic E-state index is 6.03. The van der Waals surface area contributed by atoms with E-state index < -0.39 is 0 Å². The second kappa shape index (κ2) is 6.42. The van der Waals surface area contributed by atoms with E-state index in [0.29, 0.717) is 6.10 Å². The Morgan fingerprint density at radius 2 is 2.38 bits per heavy atom. The normalized spacial score (nSPS) is 30.1. The van der Waals surface area contributed by atoms with E-state index in [2.05, 4.69) is 35.0 Å². The molecule has 0 saturated carbocycles. The topological polar surface area (TPSA) is 34.6 Å². The Kier molecular flexibility index (Phi) is 4.57. The number of ether oxygens (including phenoxy) is 2. The van der Waals surface area contributed by atoms with Crippen LogP contribution in [0.25, 0.3) is 0 Å². The van der Waals surface area contributed by atoms with Crippen LogP contribution in [-0.4, -0.2) is 49.4 Å². The number of pyridine rings is 1. The number of nitrogens with zero attached hydrogens (tertiary/aromatic N) is 2. The van der Waals surface area contributed by atoms with E-state index in [0.717, 1.165) is 57.1 Å². The van der Waals surface area contributed by atoms with E-state index in [1.54, 1.807) is 0 Å². The van der Waals surface area contributed by atoms with Crippen LogP contribution in [0, 0.1) is 12.3 Å².